The Morgan fingerprint density at radius 2 is 1.52 bits per heavy atom. The molecule has 1 aliphatic rings. The third kappa shape index (κ3) is 3.46. The first-order chi connectivity index (χ1) is 12.2. The molecule has 4 nitrogen and oxygen atoms in total. The second-order valence-electron chi connectivity index (χ2n) is 6.72. The molecule has 0 spiro atoms. The number of rotatable bonds is 6. The highest BCUT2D eigenvalue weighted by Crippen LogP contribution is 2.39. The molecule has 2 aromatic carbocycles. The van der Waals surface area contributed by atoms with Gasteiger partial charge in [-0.15, -0.1) is 0 Å². The van der Waals surface area contributed by atoms with Crippen LogP contribution in [-0.2, 0) is 14.9 Å². The summed E-state index contributed by atoms with van der Waals surface area (Å²) in [6, 6.07) is 19.8. The lowest BCUT2D eigenvalue weighted by molar-refractivity contribution is -0.124. The van der Waals surface area contributed by atoms with Crippen molar-refractivity contribution in [3.8, 4) is 0 Å². The molecule has 0 saturated carbocycles. The van der Waals surface area contributed by atoms with Crippen molar-refractivity contribution in [2.75, 3.05) is 32.8 Å². The van der Waals surface area contributed by atoms with Crippen molar-refractivity contribution < 1.29 is 9.53 Å². The molecule has 0 aliphatic carbocycles. The molecule has 4 heteroatoms. The Morgan fingerprint density at radius 3 is 1.96 bits per heavy atom. The van der Waals surface area contributed by atoms with Gasteiger partial charge in [0.25, 0.3) is 0 Å². The smallest absolute Gasteiger partial charge is 0.232 e. The fourth-order valence-corrected chi connectivity index (χ4v) is 3.97. The maximum Gasteiger partial charge on any atom is 0.232 e. The van der Waals surface area contributed by atoms with Crippen molar-refractivity contribution in [1.29, 1.82) is 0 Å². The number of primary amides is 1. The molecule has 132 valence electrons. The Kier molecular flexibility index (Phi) is 5.51. The Morgan fingerprint density at radius 1 is 1.04 bits per heavy atom. The molecule has 1 saturated heterocycles. The zero-order valence-electron chi connectivity index (χ0n) is 14.7. The van der Waals surface area contributed by atoms with Crippen molar-refractivity contribution in [3.63, 3.8) is 0 Å². The van der Waals surface area contributed by atoms with Gasteiger partial charge in [-0.05, 0) is 17.0 Å². The normalized spacial score (nSPS) is 17.2. The summed E-state index contributed by atoms with van der Waals surface area (Å²) < 4.78 is 5.45. The number of nitrogens with zero attached hydrogens (tertiary/aromatic N) is 1. The minimum absolute atomic E-state index is 0.0351. The van der Waals surface area contributed by atoms with Crippen molar-refractivity contribution in [2.24, 2.45) is 11.7 Å². The summed E-state index contributed by atoms with van der Waals surface area (Å²) in [5.41, 5.74) is 7.12. The molecular formula is C21H26N2O2. The predicted octanol–water partition coefficient (Wildman–Crippen LogP) is 2.43. The van der Waals surface area contributed by atoms with E-state index in [0.717, 1.165) is 44.0 Å². The van der Waals surface area contributed by atoms with Gasteiger partial charge in [-0.1, -0.05) is 67.6 Å². The van der Waals surface area contributed by atoms with Crippen LogP contribution >= 0.6 is 0 Å². The molecule has 0 aromatic heterocycles. The lowest BCUT2D eigenvalue weighted by Crippen LogP contribution is -2.52. The molecule has 1 fully saturated rings. The largest absolute Gasteiger partial charge is 0.379 e. The predicted molar refractivity (Wildman–Crippen MR) is 99.3 cm³/mol. The monoisotopic (exact) mass is 338 g/mol. The molecule has 1 aliphatic heterocycles. The van der Waals surface area contributed by atoms with Gasteiger partial charge in [0, 0.05) is 19.6 Å². The van der Waals surface area contributed by atoms with Gasteiger partial charge in [-0.25, -0.2) is 0 Å². The number of carbonyl (C=O) groups excluding carboxylic acids is 1. The minimum Gasteiger partial charge on any atom is -0.379 e. The zero-order chi connectivity index (χ0) is 17.7. The first-order valence-corrected chi connectivity index (χ1v) is 8.86. The van der Waals surface area contributed by atoms with Crippen LogP contribution in [0.4, 0.5) is 0 Å². The van der Waals surface area contributed by atoms with E-state index >= 15 is 0 Å². The van der Waals surface area contributed by atoms with Gasteiger partial charge in [0.2, 0.25) is 5.91 Å². The summed E-state index contributed by atoms with van der Waals surface area (Å²) >= 11 is 0. The van der Waals surface area contributed by atoms with Crippen molar-refractivity contribution >= 4 is 5.91 Å². The van der Waals surface area contributed by atoms with Gasteiger partial charge < -0.3 is 10.5 Å². The van der Waals surface area contributed by atoms with E-state index < -0.39 is 5.41 Å². The Balaban J connectivity index is 2.05. The van der Waals surface area contributed by atoms with Crippen LogP contribution in [0, 0.1) is 5.92 Å². The standard InChI is InChI=1S/C21H26N2O2/c1-17(16-23-12-14-25-15-13-23)21(20(22)24,18-8-4-2-5-9-18)19-10-6-3-7-11-19/h2-11,17H,12-16H2,1H3,(H2,22,24)/t17-/m0/s1. The first kappa shape index (κ1) is 17.6. The van der Waals surface area contributed by atoms with Crippen LogP contribution in [-0.4, -0.2) is 43.7 Å². The van der Waals surface area contributed by atoms with E-state index in [1.54, 1.807) is 0 Å². The molecule has 1 atom stereocenters. The van der Waals surface area contributed by atoms with Gasteiger partial charge in [-0.2, -0.15) is 0 Å². The van der Waals surface area contributed by atoms with Crippen molar-refractivity contribution in [3.05, 3.63) is 71.8 Å². The van der Waals surface area contributed by atoms with E-state index in [1.165, 1.54) is 0 Å². The highest BCUT2D eigenvalue weighted by molar-refractivity contribution is 5.91. The van der Waals surface area contributed by atoms with Crippen LogP contribution < -0.4 is 5.73 Å². The first-order valence-electron chi connectivity index (χ1n) is 8.86. The SMILES string of the molecule is C[C@@H](CN1CCOCC1)C(C(N)=O)(c1ccccc1)c1ccccc1. The molecule has 2 aromatic rings. The third-order valence-electron chi connectivity index (χ3n) is 5.22. The molecule has 0 unspecified atom stereocenters. The van der Waals surface area contributed by atoms with Gasteiger partial charge in [-0.3, -0.25) is 9.69 Å². The number of carbonyl (C=O) groups is 1. The van der Waals surface area contributed by atoms with E-state index in [9.17, 15) is 4.79 Å². The van der Waals surface area contributed by atoms with Crippen LogP contribution in [0.15, 0.2) is 60.7 Å². The lowest BCUT2D eigenvalue weighted by Gasteiger charge is -2.40. The summed E-state index contributed by atoms with van der Waals surface area (Å²) in [5, 5.41) is 0. The molecule has 0 radical (unpaired) electrons. The minimum atomic E-state index is -0.846. The van der Waals surface area contributed by atoms with Gasteiger partial charge in [0.15, 0.2) is 0 Å². The van der Waals surface area contributed by atoms with Crippen LogP contribution in [0.25, 0.3) is 0 Å². The molecule has 1 heterocycles. The van der Waals surface area contributed by atoms with E-state index in [0.29, 0.717) is 0 Å². The summed E-state index contributed by atoms with van der Waals surface area (Å²) in [4.78, 5) is 15.2. The van der Waals surface area contributed by atoms with Gasteiger partial charge in [0.05, 0.1) is 13.2 Å². The zero-order valence-corrected chi connectivity index (χ0v) is 14.7. The molecule has 25 heavy (non-hydrogen) atoms. The summed E-state index contributed by atoms with van der Waals surface area (Å²) in [7, 11) is 0. The van der Waals surface area contributed by atoms with Crippen LogP contribution in [0.3, 0.4) is 0 Å². The lowest BCUT2D eigenvalue weighted by atomic mass is 9.65. The summed E-state index contributed by atoms with van der Waals surface area (Å²) in [5.74, 6) is -0.265. The second kappa shape index (κ2) is 7.81. The number of nitrogens with two attached hydrogens (primary N) is 1. The number of morpholine rings is 1. The molecule has 0 bridgehead atoms. The van der Waals surface area contributed by atoms with Crippen LogP contribution in [0.2, 0.25) is 0 Å². The molecule has 2 N–H and O–H groups in total. The fraction of sp³-hybridized carbons (Fsp3) is 0.381. The number of benzene rings is 2. The Hall–Kier alpha value is -2.17. The number of amides is 1. The quantitative estimate of drug-likeness (QED) is 0.880. The maximum atomic E-state index is 12.9. The van der Waals surface area contributed by atoms with E-state index in [1.807, 2.05) is 60.7 Å². The maximum absolute atomic E-state index is 12.9. The average molecular weight is 338 g/mol. The summed E-state index contributed by atoms with van der Waals surface area (Å²) in [6.45, 7) is 6.20. The topological polar surface area (TPSA) is 55.6 Å². The molecular weight excluding hydrogens is 312 g/mol. The van der Waals surface area contributed by atoms with Crippen LogP contribution in [0.5, 0.6) is 0 Å². The van der Waals surface area contributed by atoms with E-state index in [-0.39, 0.29) is 11.8 Å². The van der Waals surface area contributed by atoms with Crippen molar-refractivity contribution in [1.82, 2.24) is 4.90 Å². The van der Waals surface area contributed by atoms with Crippen LogP contribution in [0.1, 0.15) is 18.1 Å². The van der Waals surface area contributed by atoms with E-state index in [4.69, 9.17) is 10.5 Å². The highest BCUT2D eigenvalue weighted by atomic mass is 16.5. The van der Waals surface area contributed by atoms with Gasteiger partial charge >= 0.3 is 0 Å². The van der Waals surface area contributed by atoms with E-state index in [2.05, 4.69) is 11.8 Å². The molecule has 3 rings (SSSR count). The molecule has 1 amide bonds. The Bertz CT molecular complexity index is 642. The second-order valence-corrected chi connectivity index (χ2v) is 6.72. The van der Waals surface area contributed by atoms with Gasteiger partial charge in [0.1, 0.15) is 5.41 Å². The number of ether oxygens (including phenoxy) is 1. The third-order valence-corrected chi connectivity index (χ3v) is 5.22. The highest BCUT2D eigenvalue weighted by Gasteiger charge is 2.45. The Labute approximate surface area is 149 Å². The fourth-order valence-electron chi connectivity index (χ4n) is 3.97. The van der Waals surface area contributed by atoms with Crippen molar-refractivity contribution in [2.45, 2.75) is 12.3 Å². The summed E-state index contributed by atoms with van der Waals surface area (Å²) in [6.07, 6.45) is 0. The average Bonchev–Trinajstić information content (AvgIpc) is 2.65. The number of hydrogen-bond donors (Lipinski definition) is 1. The number of hydrogen-bond acceptors (Lipinski definition) is 3.